The highest BCUT2D eigenvalue weighted by molar-refractivity contribution is 4.84. The van der Waals surface area contributed by atoms with Crippen molar-refractivity contribution in [3.05, 3.63) is 0 Å². The van der Waals surface area contributed by atoms with Gasteiger partial charge in [0, 0.05) is 38.8 Å². The zero-order valence-corrected chi connectivity index (χ0v) is 11.7. The maximum atomic E-state index is 8.64. The van der Waals surface area contributed by atoms with Gasteiger partial charge < -0.3 is 9.84 Å². The SMILES string of the molecule is C[C@@H]1CC[C@@H](N2CCN(CCOCCO)CC2)C1. The number of aliphatic hydroxyl groups excluding tert-OH is 1. The molecule has 0 aromatic heterocycles. The van der Waals surface area contributed by atoms with Crippen LogP contribution in [0, 0.1) is 5.92 Å². The molecule has 2 rings (SSSR count). The third-order valence-corrected chi connectivity index (χ3v) is 4.38. The summed E-state index contributed by atoms with van der Waals surface area (Å²) < 4.78 is 5.32. The summed E-state index contributed by atoms with van der Waals surface area (Å²) in [5.41, 5.74) is 0. The molecule has 4 heteroatoms. The Balaban J connectivity index is 1.59. The molecule has 0 aromatic carbocycles. The number of rotatable bonds is 6. The largest absolute Gasteiger partial charge is 0.394 e. The number of nitrogens with zero attached hydrogens (tertiary/aromatic N) is 2. The van der Waals surface area contributed by atoms with Gasteiger partial charge in [-0.1, -0.05) is 6.92 Å². The molecule has 2 fully saturated rings. The van der Waals surface area contributed by atoms with E-state index in [1.54, 1.807) is 0 Å². The highest BCUT2D eigenvalue weighted by atomic mass is 16.5. The first-order valence-electron chi connectivity index (χ1n) is 7.44. The Labute approximate surface area is 111 Å². The third kappa shape index (κ3) is 4.19. The maximum absolute atomic E-state index is 8.64. The Morgan fingerprint density at radius 1 is 1.11 bits per heavy atom. The van der Waals surface area contributed by atoms with Crippen LogP contribution in [0.15, 0.2) is 0 Å². The van der Waals surface area contributed by atoms with E-state index in [1.807, 2.05) is 0 Å². The molecule has 0 bridgehead atoms. The highest BCUT2D eigenvalue weighted by Crippen LogP contribution is 2.29. The lowest BCUT2D eigenvalue weighted by Crippen LogP contribution is -2.50. The van der Waals surface area contributed by atoms with E-state index in [0.29, 0.717) is 6.61 Å². The zero-order chi connectivity index (χ0) is 12.8. The van der Waals surface area contributed by atoms with Gasteiger partial charge in [0.15, 0.2) is 0 Å². The number of hydrogen-bond acceptors (Lipinski definition) is 4. The summed E-state index contributed by atoms with van der Waals surface area (Å²) in [6.07, 6.45) is 4.22. The van der Waals surface area contributed by atoms with Crippen LogP contribution in [0.25, 0.3) is 0 Å². The molecule has 2 aliphatic rings. The molecular formula is C14H28N2O2. The topological polar surface area (TPSA) is 35.9 Å². The van der Waals surface area contributed by atoms with Crippen LogP contribution in [-0.4, -0.2) is 73.5 Å². The van der Waals surface area contributed by atoms with Gasteiger partial charge in [-0.3, -0.25) is 9.80 Å². The van der Waals surface area contributed by atoms with Crippen molar-refractivity contribution in [2.75, 3.05) is 52.5 Å². The third-order valence-electron chi connectivity index (χ3n) is 4.38. The second kappa shape index (κ2) is 7.43. The Kier molecular flexibility index (Phi) is 5.89. The van der Waals surface area contributed by atoms with Crippen molar-refractivity contribution in [2.45, 2.75) is 32.2 Å². The van der Waals surface area contributed by atoms with Crippen LogP contribution in [0.5, 0.6) is 0 Å². The summed E-state index contributed by atoms with van der Waals surface area (Å²) in [5.74, 6) is 0.930. The van der Waals surface area contributed by atoms with Gasteiger partial charge in [0.2, 0.25) is 0 Å². The van der Waals surface area contributed by atoms with Crippen molar-refractivity contribution >= 4 is 0 Å². The van der Waals surface area contributed by atoms with Crippen LogP contribution in [0.1, 0.15) is 26.2 Å². The van der Waals surface area contributed by atoms with Gasteiger partial charge in [-0.2, -0.15) is 0 Å². The van der Waals surface area contributed by atoms with Gasteiger partial charge in [0.25, 0.3) is 0 Å². The summed E-state index contributed by atoms with van der Waals surface area (Å²) in [6, 6.07) is 0.854. The van der Waals surface area contributed by atoms with Crippen molar-refractivity contribution in [2.24, 2.45) is 5.92 Å². The van der Waals surface area contributed by atoms with Crippen molar-refractivity contribution < 1.29 is 9.84 Å². The minimum atomic E-state index is 0.133. The molecule has 18 heavy (non-hydrogen) atoms. The second-order valence-corrected chi connectivity index (χ2v) is 5.79. The van der Waals surface area contributed by atoms with Crippen LogP contribution in [-0.2, 0) is 4.74 Å². The first-order chi connectivity index (χ1) is 8.79. The van der Waals surface area contributed by atoms with E-state index in [1.165, 1.54) is 45.4 Å². The smallest absolute Gasteiger partial charge is 0.0698 e. The van der Waals surface area contributed by atoms with E-state index >= 15 is 0 Å². The van der Waals surface area contributed by atoms with Gasteiger partial charge in [-0.15, -0.1) is 0 Å². The Morgan fingerprint density at radius 2 is 1.89 bits per heavy atom. The van der Waals surface area contributed by atoms with Gasteiger partial charge in [0.1, 0.15) is 0 Å². The molecule has 0 amide bonds. The Morgan fingerprint density at radius 3 is 2.50 bits per heavy atom. The van der Waals surface area contributed by atoms with Crippen LogP contribution in [0.4, 0.5) is 0 Å². The predicted molar refractivity (Wildman–Crippen MR) is 72.7 cm³/mol. The predicted octanol–water partition coefficient (Wildman–Crippen LogP) is 0.802. The standard InChI is InChI=1S/C14H28N2O2/c1-13-2-3-14(12-13)16-6-4-15(5-7-16)8-10-18-11-9-17/h13-14,17H,2-12H2,1H3/t13-,14-/m1/s1. The fourth-order valence-electron chi connectivity index (χ4n) is 3.22. The summed E-state index contributed by atoms with van der Waals surface area (Å²) in [7, 11) is 0. The lowest BCUT2D eigenvalue weighted by Gasteiger charge is -2.38. The van der Waals surface area contributed by atoms with Gasteiger partial charge in [-0.05, 0) is 25.2 Å². The fourth-order valence-corrected chi connectivity index (χ4v) is 3.22. The quantitative estimate of drug-likeness (QED) is 0.713. The summed E-state index contributed by atoms with van der Waals surface area (Å²) in [6.45, 7) is 9.54. The molecule has 0 spiro atoms. The second-order valence-electron chi connectivity index (χ2n) is 5.79. The molecule has 2 atom stereocenters. The average molecular weight is 256 g/mol. The molecule has 1 aliphatic heterocycles. The highest BCUT2D eigenvalue weighted by Gasteiger charge is 2.28. The number of hydrogen-bond donors (Lipinski definition) is 1. The molecule has 1 aliphatic carbocycles. The molecule has 106 valence electrons. The molecule has 0 unspecified atom stereocenters. The van der Waals surface area contributed by atoms with Crippen LogP contribution in [0.2, 0.25) is 0 Å². The minimum absolute atomic E-state index is 0.133. The molecule has 1 heterocycles. The van der Waals surface area contributed by atoms with Crippen molar-refractivity contribution in [3.63, 3.8) is 0 Å². The Hall–Kier alpha value is -0.160. The van der Waals surface area contributed by atoms with Gasteiger partial charge in [-0.25, -0.2) is 0 Å². The minimum Gasteiger partial charge on any atom is -0.394 e. The van der Waals surface area contributed by atoms with E-state index in [-0.39, 0.29) is 6.61 Å². The number of ether oxygens (including phenoxy) is 1. The average Bonchev–Trinajstić information content (AvgIpc) is 2.82. The van der Waals surface area contributed by atoms with E-state index in [4.69, 9.17) is 9.84 Å². The summed E-state index contributed by atoms with van der Waals surface area (Å²) >= 11 is 0. The van der Waals surface area contributed by atoms with E-state index in [0.717, 1.165) is 25.1 Å². The van der Waals surface area contributed by atoms with E-state index in [2.05, 4.69) is 16.7 Å². The summed E-state index contributed by atoms with van der Waals surface area (Å²) in [5, 5.41) is 8.64. The van der Waals surface area contributed by atoms with Crippen molar-refractivity contribution in [1.29, 1.82) is 0 Å². The summed E-state index contributed by atoms with van der Waals surface area (Å²) in [4.78, 5) is 5.17. The molecule has 0 radical (unpaired) electrons. The first kappa shape index (κ1) is 14.3. The lowest BCUT2D eigenvalue weighted by atomic mass is 10.1. The monoisotopic (exact) mass is 256 g/mol. The van der Waals surface area contributed by atoms with Gasteiger partial charge >= 0.3 is 0 Å². The van der Waals surface area contributed by atoms with Crippen LogP contribution < -0.4 is 0 Å². The van der Waals surface area contributed by atoms with Crippen molar-refractivity contribution in [1.82, 2.24) is 9.80 Å². The Bertz CT molecular complexity index is 230. The fraction of sp³-hybridized carbons (Fsp3) is 1.00. The van der Waals surface area contributed by atoms with Crippen LogP contribution in [0.3, 0.4) is 0 Å². The molecule has 1 saturated heterocycles. The lowest BCUT2D eigenvalue weighted by molar-refractivity contribution is 0.0488. The van der Waals surface area contributed by atoms with Crippen LogP contribution >= 0.6 is 0 Å². The molecule has 4 nitrogen and oxygen atoms in total. The van der Waals surface area contributed by atoms with E-state index < -0.39 is 0 Å². The molecule has 1 saturated carbocycles. The molecular weight excluding hydrogens is 228 g/mol. The number of piperazine rings is 1. The maximum Gasteiger partial charge on any atom is 0.0698 e. The number of aliphatic hydroxyl groups is 1. The van der Waals surface area contributed by atoms with Gasteiger partial charge in [0.05, 0.1) is 19.8 Å². The first-order valence-corrected chi connectivity index (χ1v) is 7.44. The van der Waals surface area contributed by atoms with E-state index in [9.17, 15) is 0 Å². The molecule has 1 N–H and O–H groups in total. The van der Waals surface area contributed by atoms with Crippen molar-refractivity contribution in [3.8, 4) is 0 Å². The normalized spacial score (nSPS) is 31.0. The zero-order valence-electron chi connectivity index (χ0n) is 11.7. The molecule has 0 aromatic rings.